The Morgan fingerprint density at radius 1 is 1.33 bits per heavy atom. The smallest absolute Gasteiger partial charge is 0.325 e. The van der Waals surface area contributed by atoms with Crippen molar-refractivity contribution in [3.05, 3.63) is 34.9 Å². The Morgan fingerprint density at radius 3 is 2.70 bits per heavy atom. The number of urea groups is 1. The molecular formula is C20H27ClN2O4. The van der Waals surface area contributed by atoms with Crippen LogP contribution in [0.2, 0.25) is 5.02 Å². The quantitative estimate of drug-likeness (QED) is 0.696. The van der Waals surface area contributed by atoms with Crippen LogP contribution in [0.15, 0.2) is 24.3 Å². The SMILES string of the molecule is CCC1CCC2(CC1)NC(=O)N(C[C@@H](O)COCc1ccccc1Cl)C2=O. The normalized spacial score (nSPS) is 26.5. The summed E-state index contributed by atoms with van der Waals surface area (Å²) in [7, 11) is 0. The first-order valence-electron chi connectivity index (χ1n) is 9.58. The number of carbonyl (C=O) groups excluding carboxylic acids is 2. The minimum Gasteiger partial charge on any atom is -0.389 e. The van der Waals surface area contributed by atoms with Crippen molar-refractivity contribution in [1.82, 2.24) is 10.2 Å². The van der Waals surface area contributed by atoms with Gasteiger partial charge in [-0.2, -0.15) is 0 Å². The fraction of sp³-hybridized carbons (Fsp3) is 0.600. The number of aliphatic hydroxyl groups is 1. The van der Waals surface area contributed by atoms with Gasteiger partial charge in [0.05, 0.1) is 25.9 Å². The number of amides is 3. The predicted octanol–water partition coefficient (Wildman–Crippen LogP) is 3.11. The summed E-state index contributed by atoms with van der Waals surface area (Å²) in [4.78, 5) is 26.3. The van der Waals surface area contributed by atoms with Gasteiger partial charge in [-0.15, -0.1) is 0 Å². The Morgan fingerprint density at radius 2 is 2.04 bits per heavy atom. The number of halogens is 1. The van der Waals surface area contributed by atoms with E-state index in [4.69, 9.17) is 16.3 Å². The highest BCUT2D eigenvalue weighted by Gasteiger charge is 2.52. The van der Waals surface area contributed by atoms with Crippen LogP contribution in [0.25, 0.3) is 0 Å². The van der Waals surface area contributed by atoms with Gasteiger partial charge in [0.15, 0.2) is 0 Å². The molecule has 1 spiro atoms. The van der Waals surface area contributed by atoms with Crippen molar-refractivity contribution in [2.24, 2.45) is 5.92 Å². The zero-order valence-electron chi connectivity index (χ0n) is 15.6. The Bertz CT molecular complexity index is 688. The summed E-state index contributed by atoms with van der Waals surface area (Å²) in [5.41, 5.74) is 0.0500. The largest absolute Gasteiger partial charge is 0.389 e. The standard InChI is InChI=1S/C20H27ClN2O4/c1-2-14-7-9-20(10-8-14)18(25)23(19(26)22-20)11-16(24)13-27-12-15-5-3-4-6-17(15)21/h3-6,14,16,24H,2,7-13H2,1H3,(H,22,26)/t14?,16-,20?/m1/s1. The van der Waals surface area contributed by atoms with Gasteiger partial charge in [-0.05, 0) is 43.2 Å². The Kier molecular flexibility index (Phi) is 6.40. The van der Waals surface area contributed by atoms with E-state index in [2.05, 4.69) is 12.2 Å². The summed E-state index contributed by atoms with van der Waals surface area (Å²) in [6, 6.07) is 6.91. The molecule has 1 aliphatic carbocycles. The molecule has 3 amide bonds. The van der Waals surface area contributed by atoms with E-state index in [1.807, 2.05) is 18.2 Å². The number of nitrogens with one attached hydrogen (secondary N) is 1. The third-order valence-corrected chi connectivity index (χ3v) is 6.07. The number of imide groups is 1. The van der Waals surface area contributed by atoms with E-state index in [0.717, 1.165) is 29.7 Å². The number of rotatable bonds is 7. The second kappa shape index (κ2) is 8.59. The maximum absolute atomic E-state index is 12.8. The maximum Gasteiger partial charge on any atom is 0.325 e. The lowest BCUT2D eigenvalue weighted by molar-refractivity contribution is -0.134. The molecule has 1 aromatic rings. The van der Waals surface area contributed by atoms with Gasteiger partial charge in [0.2, 0.25) is 0 Å². The van der Waals surface area contributed by atoms with E-state index in [1.165, 1.54) is 0 Å². The van der Waals surface area contributed by atoms with Crippen LogP contribution in [-0.4, -0.2) is 46.7 Å². The summed E-state index contributed by atoms with van der Waals surface area (Å²) >= 11 is 6.07. The van der Waals surface area contributed by atoms with Crippen LogP contribution in [0, 0.1) is 5.92 Å². The molecule has 0 aromatic heterocycles. The first-order valence-corrected chi connectivity index (χ1v) is 9.96. The number of aliphatic hydroxyl groups excluding tert-OH is 1. The minimum atomic E-state index is -0.940. The third-order valence-electron chi connectivity index (χ3n) is 5.70. The number of nitrogens with zero attached hydrogens (tertiary/aromatic N) is 1. The predicted molar refractivity (Wildman–Crippen MR) is 102 cm³/mol. The number of benzene rings is 1. The average molecular weight is 395 g/mol. The van der Waals surface area contributed by atoms with Crippen LogP contribution >= 0.6 is 11.6 Å². The van der Waals surface area contributed by atoms with E-state index >= 15 is 0 Å². The van der Waals surface area contributed by atoms with Crippen molar-refractivity contribution in [2.45, 2.75) is 57.3 Å². The Hall–Kier alpha value is -1.63. The molecule has 0 unspecified atom stereocenters. The third kappa shape index (κ3) is 4.45. The molecule has 1 heterocycles. The molecule has 1 atom stereocenters. The molecule has 3 rings (SSSR count). The lowest BCUT2D eigenvalue weighted by Gasteiger charge is -2.34. The summed E-state index contributed by atoms with van der Waals surface area (Å²) in [6.07, 6.45) is 3.39. The number of ether oxygens (including phenoxy) is 1. The summed E-state index contributed by atoms with van der Waals surface area (Å²) in [5.74, 6) is 0.408. The van der Waals surface area contributed by atoms with Crippen LogP contribution in [0.4, 0.5) is 4.79 Å². The number of hydrogen-bond acceptors (Lipinski definition) is 4. The van der Waals surface area contributed by atoms with Gasteiger partial charge in [-0.3, -0.25) is 9.69 Å². The lowest BCUT2D eigenvalue weighted by Crippen LogP contribution is -2.50. The van der Waals surface area contributed by atoms with Crippen molar-refractivity contribution >= 4 is 23.5 Å². The molecule has 1 aromatic carbocycles. The molecule has 2 fully saturated rings. The molecule has 2 N–H and O–H groups in total. The van der Waals surface area contributed by atoms with E-state index in [1.54, 1.807) is 6.07 Å². The van der Waals surface area contributed by atoms with Gasteiger partial charge >= 0.3 is 6.03 Å². The molecular weight excluding hydrogens is 368 g/mol. The molecule has 2 aliphatic rings. The number of hydrogen-bond donors (Lipinski definition) is 2. The summed E-state index contributed by atoms with van der Waals surface area (Å²) in [5, 5.41) is 13.7. The molecule has 148 valence electrons. The highest BCUT2D eigenvalue weighted by molar-refractivity contribution is 6.31. The van der Waals surface area contributed by atoms with Crippen LogP contribution in [-0.2, 0) is 16.1 Å². The monoisotopic (exact) mass is 394 g/mol. The van der Waals surface area contributed by atoms with E-state index < -0.39 is 17.7 Å². The van der Waals surface area contributed by atoms with Crippen molar-refractivity contribution in [1.29, 1.82) is 0 Å². The second-order valence-electron chi connectivity index (χ2n) is 7.54. The Labute approximate surface area is 164 Å². The molecule has 0 radical (unpaired) electrons. The van der Waals surface area contributed by atoms with Crippen LogP contribution in [0.3, 0.4) is 0 Å². The minimum absolute atomic E-state index is 0.0210. The highest BCUT2D eigenvalue weighted by Crippen LogP contribution is 2.37. The van der Waals surface area contributed by atoms with Crippen LogP contribution in [0.1, 0.15) is 44.6 Å². The molecule has 6 nitrogen and oxygen atoms in total. The lowest BCUT2D eigenvalue weighted by atomic mass is 9.75. The van der Waals surface area contributed by atoms with Gasteiger partial charge in [0.1, 0.15) is 5.54 Å². The highest BCUT2D eigenvalue weighted by atomic mass is 35.5. The molecule has 1 saturated heterocycles. The first-order chi connectivity index (χ1) is 12.9. The van der Waals surface area contributed by atoms with Gasteiger partial charge in [0, 0.05) is 5.02 Å². The van der Waals surface area contributed by atoms with Gasteiger partial charge < -0.3 is 15.2 Å². The zero-order valence-corrected chi connectivity index (χ0v) is 16.4. The van der Waals surface area contributed by atoms with Gasteiger partial charge in [-0.25, -0.2) is 4.79 Å². The maximum atomic E-state index is 12.8. The van der Waals surface area contributed by atoms with Gasteiger partial charge in [0.25, 0.3) is 5.91 Å². The molecule has 1 saturated carbocycles. The second-order valence-corrected chi connectivity index (χ2v) is 7.95. The molecule has 7 heteroatoms. The first kappa shape index (κ1) is 20.1. The topological polar surface area (TPSA) is 78.9 Å². The summed E-state index contributed by atoms with van der Waals surface area (Å²) < 4.78 is 5.50. The van der Waals surface area contributed by atoms with Crippen LogP contribution in [0.5, 0.6) is 0 Å². The molecule has 27 heavy (non-hydrogen) atoms. The molecule has 0 bridgehead atoms. The van der Waals surface area contributed by atoms with Gasteiger partial charge in [-0.1, -0.05) is 43.1 Å². The fourth-order valence-electron chi connectivity index (χ4n) is 3.94. The van der Waals surface area contributed by atoms with E-state index in [9.17, 15) is 14.7 Å². The van der Waals surface area contributed by atoms with E-state index in [0.29, 0.717) is 23.8 Å². The van der Waals surface area contributed by atoms with Crippen molar-refractivity contribution < 1.29 is 19.4 Å². The Balaban J connectivity index is 1.50. The van der Waals surface area contributed by atoms with Crippen molar-refractivity contribution in [2.75, 3.05) is 13.2 Å². The molecule has 1 aliphatic heterocycles. The average Bonchev–Trinajstić information content (AvgIpc) is 2.88. The van der Waals surface area contributed by atoms with Crippen LogP contribution < -0.4 is 5.32 Å². The van der Waals surface area contributed by atoms with Crippen molar-refractivity contribution in [3.63, 3.8) is 0 Å². The van der Waals surface area contributed by atoms with E-state index in [-0.39, 0.29) is 25.7 Å². The summed E-state index contributed by atoms with van der Waals surface area (Å²) in [6.45, 7) is 2.38. The fourth-order valence-corrected chi connectivity index (χ4v) is 4.13. The zero-order chi connectivity index (χ0) is 19.4. The van der Waals surface area contributed by atoms with Crippen molar-refractivity contribution in [3.8, 4) is 0 Å². The number of carbonyl (C=O) groups is 2. The number of β-amino-alcohol motifs (C(OH)–C–C–N with tert-alkyl or cyclic N) is 1.